The van der Waals surface area contributed by atoms with Crippen LogP contribution in [-0.4, -0.2) is 77.1 Å². The summed E-state index contributed by atoms with van der Waals surface area (Å²) in [5.74, 6) is -1.32. The number of amides is 2. The Hall–Kier alpha value is -2.69. The Morgan fingerprint density at radius 1 is 1.02 bits per heavy atom. The summed E-state index contributed by atoms with van der Waals surface area (Å²) in [6.07, 6.45) is 6.04. The zero-order valence-electron chi connectivity index (χ0n) is 24.5. The second-order valence-electron chi connectivity index (χ2n) is 12.2. The minimum Gasteiger partial charge on any atom is -0.481 e. The van der Waals surface area contributed by atoms with E-state index in [1.165, 1.54) is 24.2 Å². The highest BCUT2D eigenvalue weighted by Crippen LogP contribution is 2.34. The molecule has 0 spiro atoms. The monoisotopic (exact) mass is 657 g/mol. The number of aliphatic carboxylic acids is 1. The Morgan fingerprint density at radius 3 is 2.52 bits per heavy atom. The summed E-state index contributed by atoms with van der Waals surface area (Å²) < 4.78 is 7.32. The smallest absolute Gasteiger partial charge is 0.306 e. The van der Waals surface area contributed by atoms with Crippen LogP contribution in [0.3, 0.4) is 0 Å². The van der Waals surface area contributed by atoms with Crippen LogP contribution >= 0.6 is 34.5 Å². The van der Waals surface area contributed by atoms with Crippen molar-refractivity contribution < 1.29 is 24.2 Å². The first-order valence-corrected chi connectivity index (χ1v) is 17.0. The summed E-state index contributed by atoms with van der Waals surface area (Å²) in [6.45, 7) is 3.19. The SMILES string of the molecule is O=C(Nc1cc(Cl)c(CC(=O)N2C[C@@H](N3CCCC3)C[C@H]2CO[C@H]2CC[C@H](C(=O)O)CC2)cc1Cl)c1csc2ccccc12. The molecule has 6 rings (SSSR count). The topological polar surface area (TPSA) is 99.2 Å². The molecule has 2 amide bonds. The van der Waals surface area contributed by atoms with E-state index in [0.717, 1.165) is 42.4 Å². The van der Waals surface area contributed by atoms with Gasteiger partial charge in [0, 0.05) is 33.1 Å². The fourth-order valence-electron chi connectivity index (χ4n) is 6.88. The van der Waals surface area contributed by atoms with Crippen molar-refractivity contribution in [1.29, 1.82) is 0 Å². The number of nitrogens with zero attached hydrogens (tertiary/aromatic N) is 2. The molecule has 0 unspecified atom stereocenters. The molecule has 8 nitrogen and oxygen atoms in total. The number of nitrogens with one attached hydrogen (secondary N) is 1. The molecule has 234 valence electrons. The second kappa shape index (κ2) is 13.7. The number of hydrogen-bond acceptors (Lipinski definition) is 6. The van der Waals surface area contributed by atoms with E-state index in [2.05, 4.69) is 10.2 Å². The molecular formula is C33H37Cl2N3O5S. The van der Waals surface area contributed by atoms with Crippen molar-refractivity contribution in [1.82, 2.24) is 9.80 Å². The van der Waals surface area contributed by atoms with E-state index in [9.17, 15) is 19.5 Å². The number of anilines is 1. The number of carbonyl (C=O) groups excluding carboxylic acids is 2. The minimum absolute atomic E-state index is 0.0245. The number of likely N-dealkylation sites (tertiary alicyclic amines) is 2. The van der Waals surface area contributed by atoms with Crippen LogP contribution in [-0.2, 0) is 20.7 Å². The molecule has 2 atom stereocenters. The normalized spacial score (nSPS) is 24.2. The lowest BCUT2D eigenvalue weighted by Crippen LogP contribution is -2.41. The highest BCUT2D eigenvalue weighted by Gasteiger charge is 2.39. The van der Waals surface area contributed by atoms with Gasteiger partial charge in [-0.2, -0.15) is 0 Å². The van der Waals surface area contributed by atoms with E-state index in [4.69, 9.17) is 27.9 Å². The van der Waals surface area contributed by atoms with Crippen molar-refractivity contribution >= 4 is 68.1 Å². The lowest BCUT2D eigenvalue weighted by Gasteiger charge is -2.30. The Kier molecular flexibility index (Phi) is 9.78. The van der Waals surface area contributed by atoms with Crippen LogP contribution in [0, 0.1) is 5.92 Å². The summed E-state index contributed by atoms with van der Waals surface area (Å²) >= 11 is 14.8. The molecule has 0 radical (unpaired) electrons. The molecule has 44 heavy (non-hydrogen) atoms. The zero-order chi connectivity index (χ0) is 30.8. The molecular weight excluding hydrogens is 621 g/mol. The van der Waals surface area contributed by atoms with Gasteiger partial charge in [0.05, 0.1) is 47.4 Å². The lowest BCUT2D eigenvalue weighted by molar-refractivity contribution is -0.144. The summed E-state index contributed by atoms with van der Waals surface area (Å²) in [7, 11) is 0. The van der Waals surface area contributed by atoms with Crippen LogP contribution in [0.25, 0.3) is 10.1 Å². The Bertz CT molecular complexity index is 1530. The van der Waals surface area contributed by atoms with E-state index < -0.39 is 5.97 Å². The van der Waals surface area contributed by atoms with Gasteiger partial charge in [-0.15, -0.1) is 11.3 Å². The molecule has 2 aliphatic heterocycles. The van der Waals surface area contributed by atoms with Gasteiger partial charge in [-0.3, -0.25) is 19.3 Å². The Morgan fingerprint density at radius 2 is 1.77 bits per heavy atom. The molecule has 2 aromatic carbocycles. The number of carboxylic acids is 1. The van der Waals surface area contributed by atoms with E-state index in [1.807, 2.05) is 34.5 Å². The van der Waals surface area contributed by atoms with Gasteiger partial charge in [-0.1, -0.05) is 41.4 Å². The van der Waals surface area contributed by atoms with Gasteiger partial charge >= 0.3 is 5.97 Å². The number of benzene rings is 2. The third-order valence-corrected chi connectivity index (χ3v) is 11.0. The first-order chi connectivity index (χ1) is 21.3. The Labute approximate surface area is 271 Å². The molecule has 11 heteroatoms. The van der Waals surface area contributed by atoms with Crippen molar-refractivity contribution in [3.05, 3.63) is 63.0 Å². The number of hydrogen-bond donors (Lipinski definition) is 2. The average Bonchev–Trinajstić information content (AvgIpc) is 3.78. The number of carbonyl (C=O) groups is 3. The van der Waals surface area contributed by atoms with Crippen LogP contribution in [0.4, 0.5) is 5.69 Å². The number of ether oxygens (including phenoxy) is 1. The van der Waals surface area contributed by atoms with Crippen LogP contribution in [0.5, 0.6) is 0 Å². The van der Waals surface area contributed by atoms with Crippen molar-refractivity contribution in [3.8, 4) is 0 Å². The second-order valence-corrected chi connectivity index (χ2v) is 13.9. The minimum atomic E-state index is -0.727. The number of carboxylic acid groups (broad SMARTS) is 1. The maximum Gasteiger partial charge on any atom is 0.306 e. The number of thiophene rings is 1. The third-order valence-electron chi connectivity index (χ3n) is 9.37. The summed E-state index contributed by atoms with van der Waals surface area (Å²) in [5, 5.41) is 15.6. The molecule has 1 aromatic heterocycles. The zero-order valence-corrected chi connectivity index (χ0v) is 26.8. The van der Waals surface area contributed by atoms with Gasteiger partial charge in [0.1, 0.15) is 0 Å². The van der Waals surface area contributed by atoms with Crippen LogP contribution in [0.1, 0.15) is 60.9 Å². The molecule has 3 aromatic rings. The van der Waals surface area contributed by atoms with E-state index >= 15 is 0 Å². The quantitative estimate of drug-likeness (QED) is 0.265. The summed E-state index contributed by atoms with van der Waals surface area (Å²) in [6, 6.07) is 11.3. The number of fused-ring (bicyclic) bond motifs is 1. The molecule has 0 bridgehead atoms. The molecule has 3 heterocycles. The fraction of sp³-hybridized carbons (Fsp3) is 0.485. The van der Waals surface area contributed by atoms with Crippen LogP contribution < -0.4 is 5.32 Å². The lowest BCUT2D eigenvalue weighted by atomic mass is 9.87. The molecule has 3 aliphatic rings. The standard InChI is InChI=1S/C33H37Cl2N3O5S/c34-27-16-29(36-32(40)26-19-44-30-6-2-1-5-25(26)30)28(35)13-21(27)14-31(39)38-17-22(37-11-3-4-12-37)15-23(38)18-43-24-9-7-20(8-10-24)33(41)42/h1-2,5-6,13,16,19-20,22-24H,3-4,7-12,14-15,17-18H2,(H,36,40)(H,41,42)/t20-,22-,23-,24-/m0/s1. The molecule has 3 fully saturated rings. The van der Waals surface area contributed by atoms with Crippen molar-refractivity contribution in [3.63, 3.8) is 0 Å². The maximum absolute atomic E-state index is 13.8. The first-order valence-electron chi connectivity index (χ1n) is 15.4. The van der Waals surface area contributed by atoms with Gasteiger partial charge in [0.25, 0.3) is 5.91 Å². The first kappa shape index (κ1) is 31.3. The van der Waals surface area contributed by atoms with Gasteiger partial charge in [0.15, 0.2) is 0 Å². The summed E-state index contributed by atoms with van der Waals surface area (Å²) in [4.78, 5) is 42.6. The predicted octanol–water partition coefficient (Wildman–Crippen LogP) is 6.73. The maximum atomic E-state index is 13.8. The summed E-state index contributed by atoms with van der Waals surface area (Å²) in [5.41, 5.74) is 1.58. The van der Waals surface area contributed by atoms with Crippen molar-refractivity contribution in [2.75, 3.05) is 31.6 Å². The molecule has 1 aliphatic carbocycles. The largest absolute Gasteiger partial charge is 0.481 e. The highest BCUT2D eigenvalue weighted by atomic mass is 35.5. The Balaban J connectivity index is 1.11. The predicted molar refractivity (Wildman–Crippen MR) is 174 cm³/mol. The van der Waals surface area contributed by atoms with Crippen LogP contribution in [0.2, 0.25) is 10.0 Å². The highest BCUT2D eigenvalue weighted by molar-refractivity contribution is 7.17. The van der Waals surface area contributed by atoms with Gasteiger partial charge in [0.2, 0.25) is 5.91 Å². The van der Waals surface area contributed by atoms with Gasteiger partial charge in [-0.05, 0) is 81.8 Å². The van der Waals surface area contributed by atoms with Crippen LogP contribution in [0.15, 0.2) is 41.8 Å². The van der Waals surface area contributed by atoms with Crippen molar-refractivity contribution in [2.45, 2.75) is 69.6 Å². The van der Waals surface area contributed by atoms with E-state index in [0.29, 0.717) is 58.9 Å². The number of halogens is 2. The van der Waals surface area contributed by atoms with Crippen molar-refractivity contribution in [2.24, 2.45) is 5.92 Å². The fourth-order valence-corrected chi connectivity index (χ4v) is 8.28. The number of rotatable bonds is 9. The molecule has 1 saturated carbocycles. The molecule has 2 saturated heterocycles. The van der Waals surface area contributed by atoms with E-state index in [1.54, 1.807) is 12.1 Å². The van der Waals surface area contributed by atoms with E-state index in [-0.39, 0.29) is 36.3 Å². The van der Waals surface area contributed by atoms with Gasteiger partial charge in [-0.25, -0.2) is 0 Å². The average molecular weight is 659 g/mol. The third kappa shape index (κ3) is 6.92. The molecule has 2 N–H and O–H groups in total. The van der Waals surface area contributed by atoms with Gasteiger partial charge < -0.3 is 20.1 Å².